The van der Waals surface area contributed by atoms with Crippen LogP contribution in [0.15, 0.2) is 0 Å². The van der Waals surface area contributed by atoms with Gasteiger partial charge in [0.1, 0.15) is 0 Å². The van der Waals surface area contributed by atoms with Crippen LogP contribution >= 0.6 is 22.6 Å². The van der Waals surface area contributed by atoms with Crippen LogP contribution in [-0.2, 0) is 0 Å². The predicted octanol–water partition coefficient (Wildman–Crippen LogP) is 3.32. The van der Waals surface area contributed by atoms with Crippen molar-refractivity contribution >= 4 is 22.6 Å². The second-order valence-corrected chi connectivity index (χ2v) is 5.57. The number of hydrogen-bond donors (Lipinski definition) is 0. The molecule has 1 nitrogen and oxygen atoms in total. The molecule has 1 rings (SSSR count). The van der Waals surface area contributed by atoms with E-state index in [1.54, 1.807) is 0 Å². The Kier molecular flexibility index (Phi) is 4.49. The fraction of sp³-hybridized carbons (Fsp3) is 1.00. The Morgan fingerprint density at radius 2 is 2.00 bits per heavy atom. The number of hydrogen-bond acceptors (Lipinski definition) is 1. The van der Waals surface area contributed by atoms with Crippen LogP contribution in [0.3, 0.4) is 0 Å². The number of rotatable bonds is 5. The van der Waals surface area contributed by atoms with Gasteiger partial charge in [-0.15, -0.1) is 0 Å². The van der Waals surface area contributed by atoms with E-state index >= 15 is 0 Å². The molecular weight excluding hydrogens is 273 g/mol. The lowest BCUT2D eigenvalue weighted by Gasteiger charge is -2.42. The van der Waals surface area contributed by atoms with Gasteiger partial charge in [-0.1, -0.05) is 29.0 Å². The third-order valence-corrected chi connectivity index (χ3v) is 5.19. The van der Waals surface area contributed by atoms with E-state index < -0.39 is 0 Å². The van der Waals surface area contributed by atoms with Crippen molar-refractivity contribution in [3.8, 4) is 0 Å². The van der Waals surface area contributed by atoms with Crippen LogP contribution in [0.2, 0.25) is 0 Å². The summed E-state index contributed by atoms with van der Waals surface area (Å²) in [5, 5.41) is 0. The Bertz CT molecular complexity index is 147. The normalized spacial score (nSPS) is 20.8. The first-order chi connectivity index (χ1) is 6.09. The highest BCUT2D eigenvalue weighted by atomic mass is 127. The fourth-order valence-electron chi connectivity index (χ4n) is 1.80. The van der Waals surface area contributed by atoms with Crippen LogP contribution in [0.4, 0.5) is 0 Å². The molecule has 0 heterocycles. The summed E-state index contributed by atoms with van der Waals surface area (Å²) in [6.45, 7) is 5.83. The van der Waals surface area contributed by atoms with Gasteiger partial charge in [0.2, 0.25) is 0 Å². The van der Waals surface area contributed by atoms with Crippen LogP contribution < -0.4 is 0 Å². The molecule has 1 saturated carbocycles. The lowest BCUT2D eigenvalue weighted by Crippen LogP contribution is -2.37. The van der Waals surface area contributed by atoms with E-state index in [0.717, 1.165) is 5.41 Å². The molecule has 0 N–H and O–H groups in total. The Morgan fingerprint density at radius 3 is 2.31 bits per heavy atom. The minimum atomic E-state index is 0.700. The van der Waals surface area contributed by atoms with Crippen molar-refractivity contribution < 1.29 is 0 Å². The first-order valence-corrected chi connectivity index (χ1v) is 6.88. The quantitative estimate of drug-likeness (QED) is 0.555. The van der Waals surface area contributed by atoms with Gasteiger partial charge in [0.15, 0.2) is 0 Å². The standard InChI is InChI=1S/C11H22IN/c1-10(2)13(3)8-7-11(9-12)5-4-6-11/h10H,4-9H2,1-3H3. The van der Waals surface area contributed by atoms with Gasteiger partial charge in [-0.3, -0.25) is 0 Å². The van der Waals surface area contributed by atoms with Crippen molar-refractivity contribution in [3.05, 3.63) is 0 Å². The van der Waals surface area contributed by atoms with Crippen LogP contribution in [-0.4, -0.2) is 29.0 Å². The molecule has 0 aliphatic heterocycles. The van der Waals surface area contributed by atoms with E-state index in [4.69, 9.17) is 0 Å². The molecule has 0 aromatic carbocycles. The molecule has 0 bridgehead atoms. The summed E-state index contributed by atoms with van der Waals surface area (Å²) in [5.74, 6) is 0. The van der Waals surface area contributed by atoms with E-state index in [1.165, 1.54) is 36.7 Å². The van der Waals surface area contributed by atoms with Gasteiger partial charge in [-0.25, -0.2) is 0 Å². The molecule has 1 fully saturated rings. The summed E-state index contributed by atoms with van der Waals surface area (Å²) in [7, 11) is 2.24. The summed E-state index contributed by atoms with van der Waals surface area (Å²) in [6, 6.07) is 0.700. The van der Waals surface area contributed by atoms with Gasteiger partial charge in [0.25, 0.3) is 0 Å². The number of halogens is 1. The van der Waals surface area contributed by atoms with Crippen molar-refractivity contribution in [2.75, 3.05) is 18.0 Å². The van der Waals surface area contributed by atoms with Crippen LogP contribution in [0.1, 0.15) is 39.5 Å². The maximum absolute atomic E-state index is 2.56. The molecule has 13 heavy (non-hydrogen) atoms. The van der Waals surface area contributed by atoms with Crippen LogP contribution in [0.25, 0.3) is 0 Å². The summed E-state index contributed by atoms with van der Waals surface area (Å²) >= 11 is 2.56. The van der Waals surface area contributed by atoms with Gasteiger partial charge in [0.05, 0.1) is 0 Å². The fourth-order valence-corrected chi connectivity index (χ4v) is 2.94. The highest BCUT2D eigenvalue weighted by Gasteiger charge is 2.35. The van der Waals surface area contributed by atoms with Crippen molar-refractivity contribution in [1.29, 1.82) is 0 Å². The van der Waals surface area contributed by atoms with Crippen molar-refractivity contribution in [2.45, 2.75) is 45.6 Å². The molecule has 0 saturated heterocycles. The summed E-state index contributed by atoms with van der Waals surface area (Å²) < 4.78 is 1.36. The Balaban J connectivity index is 2.24. The number of nitrogens with zero attached hydrogens (tertiary/aromatic N) is 1. The van der Waals surface area contributed by atoms with Gasteiger partial charge in [-0.2, -0.15) is 0 Å². The van der Waals surface area contributed by atoms with E-state index in [2.05, 4.69) is 48.4 Å². The average Bonchev–Trinajstić information content (AvgIpc) is 2.02. The third kappa shape index (κ3) is 3.08. The third-order valence-electron chi connectivity index (χ3n) is 3.57. The summed E-state index contributed by atoms with van der Waals surface area (Å²) in [5.41, 5.74) is 0.726. The molecule has 2 heteroatoms. The predicted molar refractivity (Wildman–Crippen MR) is 67.6 cm³/mol. The van der Waals surface area contributed by atoms with E-state index in [1.807, 2.05) is 0 Å². The minimum Gasteiger partial charge on any atom is -0.304 e. The smallest absolute Gasteiger partial charge is 0.00524 e. The second kappa shape index (κ2) is 4.96. The molecule has 0 atom stereocenters. The molecule has 1 aliphatic carbocycles. The summed E-state index contributed by atoms with van der Waals surface area (Å²) in [4.78, 5) is 2.46. The highest BCUT2D eigenvalue weighted by molar-refractivity contribution is 14.1. The van der Waals surface area contributed by atoms with Gasteiger partial charge in [0, 0.05) is 10.5 Å². The Morgan fingerprint density at radius 1 is 1.38 bits per heavy atom. The molecule has 0 radical (unpaired) electrons. The van der Waals surface area contributed by atoms with Crippen molar-refractivity contribution in [3.63, 3.8) is 0 Å². The minimum absolute atomic E-state index is 0.700. The molecule has 0 aromatic heterocycles. The highest BCUT2D eigenvalue weighted by Crippen LogP contribution is 2.45. The topological polar surface area (TPSA) is 3.24 Å². The lowest BCUT2D eigenvalue weighted by molar-refractivity contribution is 0.126. The van der Waals surface area contributed by atoms with Crippen LogP contribution in [0, 0.1) is 5.41 Å². The zero-order chi connectivity index (χ0) is 9.90. The van der Waals surface area contributed by atoms with E-state index in [-0.39, 0.29) is 0 Å². The molecule has 1 aliphatic rings. The van der Waals surface area contributed by atoms with Gasteiger partial charge in [-0.05, 0) is 52.1 Å². The van der Waals surface area contributed by atoms with Gasteiger partial charge < -0.3 is 4.90 Å². The molecule has 0 amide bonds. The first kappa shape index (κ1) is 11.8. The Hall–Kier alpha value is 0.690. The second-order valence-electron chi connectivity index (χ2n) is 4.81. The SMILES string of the molecule is CC(C)N(C)CCC1(CI)CCC1. The largest absolute Gasteiger partial charge is 0.304 e. The monoisotopic (exact) mass is 295 g/mol. The maximum atomic E-state index is 2.56. The van der Waals surface area contributed by atoms with E-state index in [0.29, 0.717) is 6.04 Å². The van der Waals surface area contributed by atoms with Gasteiger partial charge >= 0.3 is 0 Å². The molecule has 0 spiro atoms. The van der Waals surface area contributed by atoms with Crippen molar-refractivity contribution in [1.82, 2.24) is 4.90 Å². The van der Waals surface area contributed by atoms with Crippen molar-refractivity contribution in [2.24, 2.45) is 5.41 Å². The molecule has 0 aromatic rings. The lowest BCUT2D eigenvalue weighted by atomic mass is 9.68. The maximum Gasteiger partial charge on any atom is 0.00524 e. The molecule has 78 valence electrons. The first-order valence-electron chi connectivity index (χ1n) is 5.36. The Labute approximate surface area is 96.4 Å². The number of alkyl halides is 1. The average molecular weight is 295 g/mol. The zero-order valence-corrected chi connectivity index (χ0v) is 11.3. The summed E-state index contributed by atoms with van der Waals surface area (Å²) in [6.07, 6.45) is 5.82. The van der Waals surface area contributed by atoms with E-state index in [9.17, 15) is 0 Å². The molecule has 0 unspecified atom stereocenters. The van der Waals surface area contributed by atoms with Crippen LogP contribution in [0.5, 0.6) is 0 Å². The molecular formula is C11H22IN. The zero-order valence-electron chi connectivity index (χ0n) is 9.15.